The third kappa shape index (κ3) is 3.29. The van der Waals surface area contributed by atoms with Gasteiger partial charge in [0, 0.05) is 0 Å². The minimum Gasteiger partial charge on any atom is -0.487 e. The van der Waals surface area contributed by atoms with Crippen LogP contribution in [0.2, 0.25) is 5.02 Å². The Morgan fingerprint density at radius 1 is 1.11 bits per heavy atom. The average Bonchev–Trinajstić information content (AvgIpc) is 2.41. The van der Waals surface area contributed by atoms with Gasteiger partial charge in [0.25, 0.3) is 0 Å². The van der Waals surface area contributed by atoms with Gasteiger partial charge in [-0.25, -0.2) is 0 Å². The van der Waals surface area contributed by atoms with E-state index in [-0.39, 0.29) is 0 Å². The number of benzene rings is 2. The molecule has 0 amide bonds. The highest BCUT2D eigenvalue weighted by atomic mass is 35.5. The molecule has 0 radical (unpaired) electrons. The fraction of sp³-hybridized carbons (Fsp3) is 0.143. The summed E-state index contributed by atoms with van der Waals surface area (Å²) in [5.74, 6) is 0.535. The summed E-state index contributed by atoms with van der Waals surface area (Å²) in [6.45, 7) is 2.15. The van der Waals surface area contributed by atoms with Gasteiger partial charge in [0.15, 0.2) is 0 Å². The molecule has 2 aromatic carbocycles. The maximum absolute atomic E-state index is 9.18. The molecule has 2 aromatic rings. The van der Waals surface area contributed by atoms with Crippen molar-refractivity contribution in [2.45, 2.75) is 13.5 Å². The van der Waals surface area contributed by atoms with E-state index in [1.54, 1.807) is 19.1 Å². The second kappa shape index (κ2) is 6.11. The fourth-order valence-electron chi connectivity index (χ4n) is 1.80. The normalized spacial score (nSPS) is 10.3. The van der Waals surface area contributed by atoms with Crippen molar-refractivity contribution in [1.82, 2.24) is 0 Å². The van der Waals surface area contributed by atoms with Crippen LogP contribution in [0.3, 0.4) is 0 Å². The topological polar surface area (TPSA) is 49.7 Å². The molecule has 0 aromatic heterocycles. The van der Waals surface area contributed by atoms with E-state index in [4.69, 9.17) is 16.3 Å². The lowest BCUT2D eigenvalue weighted by atomic mass is 9.77. The van der Waals surface area contributed by atoms with Crippen molar-refractivity contribution in [2.75, 3.05) is 0 Å². The maximum Gasteiger partial charge on any atom is 0.488 e. The lowest BCUT2D eigenvalue weighted by Gasteiger charge is -2.12. The van der Waals surface area contributed by atoms with Gasteiger partial charge in [0.05, 0.1) is 5.02 Å². The average molecular weight is 277 g/mol. The van der Waals surface area contributed by atoms with Gasteiger partial charge in [-0.05, 0) is 29.6 Å². The second-order valence-electron chi connectivity index (χ2n) is 4.24. The van der Waals surface area contributed by atoms with Crippen LogP contribution in [0.25, 0.3) is 0 Å². The predicted molar refractivity (Wildman–Crippen MR) is 76.8 cm³/mol. The molecule has 98 valence electrons. The van der Waals surface area contributed by atoms with Crippen molar-refractivity contribution < 1.29 is 14.8 Å². The first-order chi connectivity index (χ1) is 9.09. The highest BCUT2D eigenvalue weighted by Gasteiger charge is 2.18. The summed E-state index contributed by atoms with van der Waals surface area (Å²) >= 11 is 6.16. The van der Waals surface area contributed by atoms with Crippen LogP contribution in [0, 0.1) is 6.92 Å². The highest BCUT2D eigenvalue weighted by molar-refractivity contribution is 6.59. The summed E-state index contributed by atoms with van der Waals surface area (Å²) in [6.07, 6.45) is 0. The van der Waals surface area contributed by atoms with Gasteiger partial charge in [0.2, 0.25) is 0 Å². The fourth-order valence-corrected chi connectivity index (χ4v) is 2.03. The Balaban J connectivity index is 2.16. The molecule has 19 heavy (non-hydrogen) atoms. The smallest absolute Gasteiger partial charge is 0.487 e. The standard InChI is InChI=1S/C14H14BClO3/c1-10-12(15(17)18)7-8-13(14(10)16)19-9-11-5-3-2-4-6-11/h2-8,17-18H,9H2,1H3. The molecule has 0 bridgehead atoms. The molecule has 0 aliphatic carbocycles. The monoisotopic (exact) mass is 276 g/mol. The number of ether oxygens (including phenoxy) is 1. The lowest BCUT2D eigenvalue weighted by Crippen LogP contribution is -2.32. The summed E-state index contributed by atoms with van der Waals surface area (Å²) in [4.78, 5) is 0. The Kier molecular flexibility index (Phi) is 4.48. The second-order valence-corrected chi connectivity index (χ2v) is 4.62. The third-order valence-corrected chi connectivity index (χ3v) is 3.38. The van der Waals surface area contributed by atoms with Crippen molar-refractivity contribution in [1.29, 1.82) is 0 Å². The number of halogens is 1. The molecule has 0 saturated heterocycles. The van der Waals surface area contributed by atoms with Crippen LogP contribution >= 0.6 is 11.6 Å². The Hall–Kier alpha value is -1.49. The molecule has 3 nitrogen and oxygen atoms in total. The predicted octanol–water partition coefficient (Wildman–Crippen LogP) is 1.91. The molecule has 2 rings (SSSR count). The quantitative estimate of drug-likeness (QED) is 0.839. The molecule has 0 aliphatic heterocycles. The van der Waals surface area contributed by atoms with E-state index in [0.717, 1.165) is 5.56 Å². The molecule has 0 saturated carbocycles. The summed E-state index contributed by atoms with van der Waals surface area (Å²) < 4.78 is 5.64. The van der Waals surface area contributed by atoms with E-state index in [1.165, 1.54) is 0 Å². The minimum atomic E-state index is -1.53. The summed E-state index contributed by atoms with van der Waals surface area (Å²) in [5.41, 5.74) is 2.04. The van der Waals surface area contributed by atoms with Crippen LogP contribution in [0.1, 0.15) is 11.1 Å². The maximum atomic E-state index is 9.18. The summed E-state index contributed by atoms with van der Waals surface area (Å²) in [7, 11) is -1.53. The number of hydrogen-bond acceptors (Lipinski definition) is 3. The molecule has 5 heteroatoms. The van der Waals surface area contributed by atoms with Gasteiger partial charge in [-0.3, -0.25) is 0 Å². The molecule has 0 aliphatic rings. The van der Waals surface area contributed by atoms with Crippen LogP contribution in [0.5, 0.6) is 5.75 Å². The zero-order valence-corrected chi connectivity index (χ0v) is 11.3. The van der Waals surface area contributed by atoms with Crippen LogP contribution in [-0.2, 0) is 6.61 Å². The lowest BCUT2D eigenvalue weighted by molar-refractivity contribution is 0.306. The zero-order valence-electron chi connectivity index (χ0n) is 10.5. The first kappa shape index (κ1) is 13.9. The number of hydrogen-bond donors (Lipinski definition) is 2. The largest absolute Gasteiger partial charge is 0.488 e. The van der Waals surface area contributed by atoms with Crippen molar-refractivity contribution >= 4 is 24.2 Å². The van der Waals surface area contributed by atoms with Gasteiger partial charge in [-0.15, -0.1) is 0 Å². The van der Waals surface area contributed by atoms with E-state index < -0.39 is 7.12 Å². The molecule has 0 heterocycles. The van der Waals surface area contributed by atoms with E-state index in [2.05, 4.69) is 0 Å². The molecule has 0 atom stereocenters. The highest BCUT2D eigenvalue weighted by Crippen LogP contribution is 2.27. The Morgan fingerprint density at radius 2 is 1.79 bits per heavy atom. The van der Waals surface area contributed by atoms with Crippen molar-refractivity contribution in [3.05, 3.63) is 58.6 Å². The van der Waals surface area contributed by atoms with Gasteiger partial charge in [-0.1, -0.05) is 48.0 Å². The van der Waals surface area contributed by atoms with E-state index in [0.29, 0.717) is 28.4 Å². The zero-order chi connectivity index (χ0) is 13.8. The Bertz CT molecular complexity index is 558. The first-order valence-electron chi connectivity index (χ1n) is 5.91. The van der Waals surface area contributed by atoms with E-state index >= 15 is 0 Å². The van der Waals surface area contributed by atoms with Crippen LogP contribution in [0.15, 0.2) is 42.5 Å². The number of rotatable bonds is 4. The SMILES string of the molecule is Cc1c(B(O)O)ccc(OCc2ccccc2)c1Cl. The Labute approximate surface area is 117 Å². The molecule has 0 fully saturated rings. The third-order valence-electron chi connectivity index (χ3n) is 2.91. The molecule has 0 spiro atoms. The van der Waals surface area contributed by atoms with Crippen LogP contribution in [-0.4, -0.2) is 17.2 Å². The van der Waals surface area contributed by atoms with Gasteiger partial charge >= 0.3 is 7.12 Å². The van der Waals surface area contributed by atoms with Crippen molar-refractivity contribution in [3.63, 3.8) is 0 Å². The van der Waals surface area contributed by atoms with Gasteiger partial charge in [-0.2, -0.15) is 0 Å². The van der Waals surface area contributed by atoms with Gasteiger partial charge in [0.1, 0.15) is 12.4 Å². The van der Waals surface area contributed by atoms with Crippen LogP contribution < -0.4 is 10.2 Å². The first-order valence-corrected chi connectivity index (χ1v) is 6.29. The van der Waals surface area contributed by atoms with Crippen LogP contribution in [0.4, 0.5) is 0 Å². The molecular weight excluding hydrogens is 262 g/mol. The van der Waals surface area contributed by atoms with E-state index in [1.807, 2.05) is 30.3 Å². The molecular formula is C14H14BClO3. The molecule has 0 unspecified atom stereocenters. The Morgan fingerprint density at radius 3 is 2.42 bits per heavy atom. The van der Waals surface area contributed by atoms with Gasteiger partial charge < -0.3 is 14.8 Å². The van der Waals surface area contributed by atoms with E-state index in [9.17, 15) is 10.0 Å². The summed E-state index contributed by atoms with van der Waals surface area (Å²) in [5, 5.41) is 18.8. The van der Waals surface area contributed by atoms with Crippen molar-refractivity contribution in [2.24, 2.45) is 0 Å². The van der Waals surface area contributed by atoms with Crippen molar-refractivity contribution in [3.8, 4) is 5.75 Å². The molecule has 2 N–H and O–H groups in total. The summed E-state index contributed by atoms with van der Waals surface area (Å²) in [6, 6.07) is 13.0. The minimum absolute atomic E-state index is 0.386.